The van der Waals surface area contributed by atoms with E-state index in [4.69, 9.17) is 32.7 Å². The summed E-state index contributed by atoms with van der Waals surface area (Å²) in [5.74, 6) is 0. The molecule has 0 spiro atoms. The number of ether oxygens (including phenoxy) is 2. The van der Waals surface area contributed by atoms with Gasteiger partial charge >= 0.3 is 0 Å². The van der Waals surface area contributed by atoms with E-state index in [-0.39, 0.29) is 0 Å². The summed E-state index contributed by atoms with van der Waals surface area (Å²) >= 11 is 12.0. The predicted molar refractivity (Wildman–Crippen MR) is 82.5 cm³/mol. The van der Waals surface area contributed by atoms with Crippen molar-refractivity contribution in [1.29, 1.82) is 0 Å². The number of hydrogen-bond acceptors (Lipinski definition) is 4. The molecular weight excluding hydrogens is 299 g/mol. The minimum absolute atomic E-state index is 0.411. The van der Waals surface area contributed by atoms with E-state index in [1.54, 1.807) is 12.3 Å². The highest BCUT2D eigenvalue weighted by Gasteiger charge is 2.09. The van der Waals surface area contributed by atoms with Crippen LogP contribution >= 0.6 is 23.2 Å². The van der Waals surface area contributed by atoms with Gasteiger partial charge in [0.2, 0.25) is 0 Å². The molecule has 6 heteroatoms. The Kier molecular flexibility index (Phi) is 9.14. The van der Waals surface area contributed by atoms with Crippen molar-refractivity contribution in [1.82, 2.24) is 9.88 Å². The van der Waals surface area contributed by atoms with Gasteiger partial charge in [0, 0.05) is 49.6 Å². The minimum atomic E-state index is 0.411. The fourth-order valence-electron chi connectivity index (χ4n) is 1.74. The lowest BCUT2D eigenvalue weighted by Crippen LogP contribution is -2.31. The number of aromatic nitrogens is 1. The molecule has 0 fully saturated rings. The first-order chi connectivity index (χ1) is 9.67. The molecule has 0 aromatic carbocycles. The van der Waals surface area contributed by atoms with Gasteiger partial charge in [-0.2, -0.15) is 0 Å². The average Bonchev–Trinajstić information content (AvgIpc) is 2.42. The molecule has 20 heavy (non-hydrogen) atoms. The highest BCUT2D eigenvalue weighted by Crippen LogP contribution is 2.20. The fraction of sp³-hybridized carbons (Fsp3) is 0.643. The highest BCUT2D eigenvalue weighted by atomic mass is 35.5. The van der Waals surface area contributed by atoms with Gasteiger partial charge in [0.05, 0.1) is 13.2 Å². The molecule has 0 amide bonds. The normalized spacial score (nSPS) is 11.2. The molecule has 1 rings (SSSR count). The second kappa shape index (κ2) is 10.4. The van der Waals surface area contributed by atoms with Crippen LogP contribution in [0.25, 0.3) is 0 Å². The van der Waals surface area contributed by atoms with Crippen LogP contribution in [0.5, 0.6) is 0 Å². The van der Waals surface area contributed by atoms with E-state index in [0.717, 1.165) is 31.9 Å². The summed E-state index contributed by atoms with van der Waals surface area (Å²) in [5, 5.41) is 1.05. The topological polar surface area (TPSA) is 34.6 Å². The van der Waals surface area contributed by atoms with Crippen molar-refractivity contribution < 1.29 is 9.47 Å². The SMILES string of the molecule is CCOCCN(CCOCC)Cc1cnc(Cl)cc1Cl. The molecule has 0 aliphatic carbocycles. The zero-order valence-electron chi connectivity index (χ0n) is 12.1. The summed E-state index contributed by atoms with van der Waals surface area (Å²) in [4.78, 5) is 6.32. The number of halogens is 2. The summed E-state index contributed by atoms with van der Waals surface area (Å²) < 4.78 is 10.8. The Morgan fingerprint density at radius 2 is 1.70 bits per heavy atom. The van der Waals surface area contributed by atoms with E-state index in [2.05, 4.69) is 9.88 Å². The van der Waals surface area contributed by atoms with Crippen LogP contribution in [-0.2, 0) is 16.0 Å². The second-order valence-electron chi connectivity index (χ2n) is 4.27. The van der Waals surface area contributed by atoms with E-state index >= 15 is 0 Å². The van der Waals surface area contributed by atoms with E-state index in [1.807, 2.05) is 13.8 Å². The van der Waals surface area contributed by atoms with Gasteiger partial charge in [-0.3, -0.25) is 4.90 Å². The average molecular weight is 321 g/mol. The Balaban J connectivity index is 2.56. The van der Waals surface area contributed by atoms with Crippen LogP contribution in [0.4, 0.5) is 0 Å². The summed E-state index contributed by atoms with van der Waals surface area (Å²) in [7, 11) is 0. The maximum atomic E-state index is 6.18. The van der Waals surface area contributed by atoms with Gasteiger partial charge in [0.15, 0.2) is 0 Å². The first kappa shape index (κ1) is 17.7. The molecule has 4 nitrogen and oxygen atoms in total. The standard InChI is InChI=1S/C14H22Cl2N2O2/c1-3-19-7-5-18(6-8-20-4-2)11-12-10-17-14(16)9-13(12)15/h9-10H,3-8,11H2,1-2H3. The van der Waals surface area contributed by atoms with Gasteiger partial charge in [-0.1, -0.05) is 23.2 Å². The van der Waals surface area contributed by atoms with Crippen molar-refractivity contribution in [2.45, 2.75) is 20.4 Å². The molecule has 0 radical (unpaired) electrons. The molecule has 0 aliphatic heterocycles. The van der Waals surface area contributed by atoms with Crippen molar-refractivity contribution in [3.05, 3.63) is 28.0 Å². The van der Waals surface area contributed by atoms with Crippen LogP contribution in [0.15, 0.2) is 12.3 Å². The van der Waals surface area contributed by atoms with Gasteiger partial charge in [-0.15, -0.1) is 0 Å². The smallest absolute Gasteiger partial charge is 0.130 e. The van der Waals surface area contributed by atoms with Crippen LogP contribution in [0.1, 0.15) is 19.4 Å². The molecule has 1 aromatic rings. The highest BCUT2D eigenvalue weighted by molar-refractivity contribution is 6.34. The van der Waals surface area contributed by atoms with Crippen molar-refractivity contribution in [2.75, 3.05) is 39.5 Å². The molecule has 0 bridgehead atoms. The number of nitrogens with zero attached hydrogens (tertiary/aromatic N) is 2. The Hall–Kier alpha value is -0.390. The molecule has 0 saturated heterocycles. The predicted octanol–water partition coefficient (Wildman–Crippen LogP) is 3.26. The quantitative estimate of drug-likeness (QED) is 0.489. The maximum Gasteiger partial charge on any atom is 0.130 e. The summed E-state index contributed by atoms with van der Waals surface area (Å²) in [6.45, 7) is 9.20. The number of pyridine rings is 1. The monoisotopic (exact) mass is 320 g/mol. The number of hydrogen-bond donors (Lipinski definition) is 0. The van der Waals surface area contributed by atoms with Gasteiger partial charge in [-0.25, -0.2) is 4.98 Å². The van der Waals surface area contributed by atoms with Gasteiger partial charge < -0.3 is 9.47 Å². The lowest BCUT2D eigenvalue weighted by molar-refractivity contribution is 0.0797. The lowest BCUT2D eigenvalue weighted by Gasteiger charge is -2.22. The first-order valence-electron chi connectivity index (χ1n) is 6.85. The molecule has 0 N–H and O–H groups in total. The molecule has 0 saturated carbocycles. The lowest BCUT2D eigenvalue weighted by atomic mass is 10.2. The van der Waals surface area contributed by atoms with Crippen molar-refractivity contribution >= 4 is 23.2 Å². The molecular formula is C14H22Cl2N2O2. The number of rotatable bonds is 10. The van der Waals surface area contributed by atoms with Crippen LogP contribution in [-0.4, -0.2) is 49.4 Å². The van der Waals surface area contributed by atoms with Crippen LogP contribution in [0.3, 0.4) is 0 Å². The summed E-state index contributed by atoms with van der Waals surface area (Å²) in [5.41, 5.74) is 0.962. The zero-order chi connectivity index (χ0) is 14.8. The van der Waals surface area contributed by atoms with E-state index in [1.165, 1.54) is 0 Å². The van der Waals surface area contributed by atoms with Gasteiger partial charge in [0.25, 0.3) is 0 Å². The Morgan fingerprint density at radius 3 is 2.20 bits per heavy atom. The van der Waals surface area contributed by atoms with Crippen molar-refractivity contribution in [3.8, 4) is 0 Å². The fourth-order valence-corrected chi connectivity index (χ4v) is 2.16. The minimum Gasteiger partial charge on any atom is -0.380 e. The van der Waals surface area contributed by atoms with Crippen molar-refractivity contribution in [2.24, 2.45) is 0 Å². The van der Waals surface area contributed by atoms with Gasteiger partial charge in [0.1, 0.15) is 5.15 Å². The maximum absolute atomic E-state index is 6.18. The molecule has 0 atom stereocenters. The second-order valence-corrected chi connectivity index (χ2v) is 5.06. The molecule has 114 valence electrons. The molecule has 1 heterocycles. The molecule has 0 aliphatic rings. The van der Waals surface area contributed by atoms with Crippen LogP contribution in [0, 0.1) is 0 Å². The molecule has 1 aromatic heterocycles. The Labute approximate surface area is 131 Å². The third-order valence-electron chi connectivity index (χ3n) is 2.80. The third-order valence-corrected chi connectivity index (χ3v) is 3.36. The Morgan fingerprint density at radius 1 is 1.10 bits per heavy atom. The first-order valence-corrected chi connectivity index (χ1v) is 7.60. The van der Waals surface area contributed by atoms with Crippen LogP contribution < -0.4 is 0 Å². The summed E-state index contributed by atoms with van der Waals surface area (Å²) in [6.07, 6.45) is 1.72. The van der Waals surface area contributed by atoms with Crippen LogP contribution in [0.2, 0.25) is 10.2 Å². The van der Waals surface area contributed by atoms with E-state index < -0.39 is 0 Å². The summed E-state index contributed by atoms with van der Waals surface area (Å²) in [6, 6.07) is 1.67. The molecule has 0 unspecified atom stereocenters. The van der Waals surface area contributed by atoms with E-state index in [9.17, 15) is 0 Å². The Bertz CT molecular complexity index is 381. The van der Waals surface area contributed by atoms with E-state index in [0.29, 0.717) is 29.9 Å². The largest absolute Gasteiger partial charge is 0.380 e. The van der Waals surface area contributed by atoms with Crippen molar-refractivity contribution in [3.63, 3.8) is 0 Å². The zero-order valence-corrected chi connectivity index (χ0v) is 13.6. The van der Waals surface area contributed by atoms with Gasteiger partial charge in [-0.05, 0) is 19.9 Å². The third kappa shape index (κ3) is 6.86.